The minimum atomic E-state index is -0.553. The van der Waals surface area contributed by atoms with Crippen molar-refractivity contribution in [3.05, 3.63) is 45.9 Å². The van der Waals surface area contributed by atoms with Gasteiger partial charge in [0.15, 0.2) is 0 Å². The van der Waals surface area contributed by atoms with Crippen molar-refractivity contribution in [1.82, 2.24) is 20.2 Å². The van der Waals surface area contributed by atoms with Gasteiger partial charge in [0.2, 0.25) is 5.95 Å². The summed E-state index contributed by atoms with van der Waals surface area (Å²) in [5, 5.41) is 7.26. The van der Waals surface area contributed by atoms with E-state index in [1.807, 2.05) is 39.0 Å². The predicted molar refractivity (Wildman–Crippen MR) is 148 cm³/mol. The molecule has 0 bridgehead atoms. The number of rotatable bonds is 7. The van der Waals surface area contributed by atoms with E-state index < -0.39 is 11.7 Å². The number of halogens is 2. The predicted octanol–water partition coefficient (Wildman–Crippen LogP) is 6.17. The highest BCUT2D eigenvalue weighted by Crippen LogP contribution is 2.36. The number of carbonyl (C=O) groups excluding carboxylic acids is 1. The van der Waals surface area contributed by atoms with Crippen LogP contribution in [0.25, 0.3) is 11.0 Å². The van der Waals surface area contributed by atoms with Gasteiger partial charge in [0, 0.05) is 25.7 Å². The fourth-order valence-corrected chi connectivity index (χ4v) is 4.89. The summed E-state index contributed by atoms with van der Waals surface area (Å²) < 4.78 is 5.30. The first-order valence-electron chi connectivity index (χ1n) is 12.1. The molecule has 1 saturated heterocycles. The number of nitrogens with one attached hydrogen (secondary N) is 3. The molecule has 36 heavy (non-hydrogen) atoms. The Morgan fingerprint density at radius 1 is 1.22 bits per heavy atom. The molecule has 1 aliphatic heterocycles. The third-order valence-corrected chi connectivity index (χ3v) is 6.56. The van der Waals surface area contributed by atoms with Gasteiger partial charge >= 0.3 is 6.09 Å². The number of aromatic nitrogens is 2. The third-order valence-electron chi connectivity index (χ3n) is 5.93. The monoisotopic (exact) mass is 532 g/mol. The number of anilines is 3. The summed E-state index contributed by atoms with van der Waals surface area (Å²) in [7, 11) is 4.20. The number of carbonyl (C=O) groups is 1. The molecule has 3 aromatic rings. The van der Waals surface area contributed by atoms with Crippen LogP contribution in [0, 0.1) is 0 Å². The van der Waals surface area contributed by atoms with Gasteiger partial charge in [-0.25, -0.2) is 9.78 Å². The van der Waals surface area contributed by atoms with E-state index in [2.05, 4.69) is 50.6 Å². The Bertz CT molecular complexity index is 1240. The van der Waals surface area contributed by atoms with Crippen LogP contribution in [0.1, 0.15) is 39.2 Å². The lowest BCUT2D eigenvalue weighted by molar-refractivity contribution is 0.0523. The maximum atomic E-state index is 12.0. The summed E-state index contributed by atoms with van der Waals surface area (Å²) in [6.07, 6.45) is 1.84. The van der Waals surface area contributed by atoms with Gasteiger partial charge in [0.1, 0.15) is 5.60 Å². The van der Waals surface area contributed by atoms with E-state index in [-0.39, 0.29) is 0 Å². The summed E-state index contributed by atoms with van der Waals surface area (Å²) in [6, 6.07) is 9.93. The van der Waals surface area contributed by atoms with Crippen LogP contribution in [-0.2, 0) is 11.3 Å². The van der Waals surface area contributed by atoms with Crippen molar-refractivity contribution in [3.63, 3.8) is 0 Å². The Labute approximate surface area is 222 Å². The number of hydrogen-bond acceptors (Lipinski definition) is 6. The molecule has 1 amide bonds. The Balaban J connectivity index is 1.50. The fraction of sp³-hybridized carbons (Fsp3) is 0.462. The molecule has 1 atom stereocenters. The van der Waals surface area contributed by atoms with Crippen molar-refractivity contribution in [2.75, 3.05) is 37.4 Å². The summed E-state index contributed by atoms with van der Waals surface area (Å²) in [4.78, 5) is 24.6. The van der Waals surface area contributed by atoms with E-state index in [4.69, 9.17) is 27.9 Å². The van der Waals surface area contributed by atoms with Crippen molar-refractivity contribution in [1.29, 1.82) is 0 Å². The standard InChI is InChI=1S/C26H34Cl2N6O2/c1-26(2,3)36-25(35)29-14-16-8-9-18(27)20(11-16)30-24-31-21-12-19(28)23(13-22(21)32-24)34-10-6-7-17(34)15-33(4)5/h8-9,11-13,17H,6-7,10,14-15H2,1-5H3,(H,29,35)(H2,30,31,32). The van der Waals surface area contributed by atoms with Crippen molar-refractivity contribution in [3.8, 4) is 0 Å². The van der Waals surface area contributed by atoms with Gasteiger partial charge in [-0.1, -0.05) is 29.3 Å². The van der Waals surface area contributed by atoms with Crippen LogP contribution in [0.3, 0.4) is 0 Å². The Morgan fingerprint density at radius 3 is 2.72 bits per heavy atom. The first-order valence-corrected chi connectivity index (χ1v) is 12.9. The topological polar surface area (TPSA) is 85.5 Å². The molecular formula is C26H34Cl2N6O2. The molecule has 4 rings (SSSR count). The number of imidazole rings is 1. The third kappa shape index (κ3) is 6.55. The molecule has 2 heterocycles. The minimum absolute atomic E-state index is 0.309. The molecule has 1 aliphatic rings. The molecule has 0 aliphatic carbocycles. The van der Waals surface area contributed by atoms with Crippen LogP contribution in [0.15, 0.2) is 30.3 Å². The molecule has 8 nitrogen and oxygen atoms in total. The van der Waals surface area contributed by atoms with Crippen LogP contribution >= 0.6 is 23.2 Å². The second-order valence-electron chi connectivity index (χ2n) is 10.5. The molecule has 0 spiro atoms. The summed E-state index contributed by atoms with van der Waals surface area (Å²) in [6.45, 7) is 7.77. The summed E-state index contributed by atoms with van der Waals surface area (Å²) >= 11 is 13.1. The van der Waals surface area contributed by atoms with Gasteiger partial charge in [-0.3, -0.25) is 0 Å². The van der Waals surface area contributed by atoms with Crippen LogP contribution < -0.4 is 15.5 Å². The van der Waals surface area contributed by atoms with Crippen molar-refractivity contribution in [2.24, 2.45) is 0 Å². The molecule has 0 saturated carbocycles. The van der Waals surface area contributed by atoms with E-state index in [0.29, 0.717) is 34.3 Å². The molecule has 1 aromatic heterocycles. The number of fused-ring (bicyclic) bond motifs is 1. The number of amides is 1. The SMILES string of the molecule is CN(C)CC1CCCN1c1cc2[nH]c(Nc3cc(CNC(=O)OC(C)(C)C)ccc3Cl)nc2cc1Cl. The quantitative estimate of drug-likeness (QED) is 0.337. The second-order valence-corrected chi connectivity index (χ2v) is 11.3. The number of nitrogens with zero attached hydrogens (tertiary/aromatic N) is 3. The largest absolute Gasteiger partial charge is 0.444 e. The second kappa shape index (κ2) is 10.7. The zero-order valence-corrected chi connectivity index (χ0v) is 22.9. The lowest BCUT2D eigenvalue weighted by Gasteiger charge is -2.29. The first-order chi connectivity index (χ1) is 17.0. The number of H-pyrrole nitrogens is 1. The van der Waals surface area contributed by atoms with Crippen LogP contribution in [0.4, 0.5) is 22.1 Å². The molecule has 2 aromatic carbocycles. The number of aromatic amines is 1. The van der Waals surface area contributed by atoms with Crippen molar-refractivity contribution >= 4 is 57.7 Å². The number of benzene rings is 2. The van der Waals surface area contributed by atoms with Gasteiger partial charge in [0.05, 0.1) is 32.5 Å². The lowest BCUT2D eigenvalue weighted by atomic mass is 10.2. The van der Waals surface area contributed by atoms with Gasteiger partial charge in [0.25, 0.3) is 0 Å². The molecule has 10 heteroatoms. The van der Waals surface area contributed by atoms with Crippen molar-refractivity contribution < 1.29 is 9.53 Å². The molecular weight excluding hydrogens is 499 g/mol. The van der Waals surface area contributed by atoms with E-state index in [0.717, 1.165) is 48.2 Å². The van der Waals surface area contributed by atoms with Gasteiger partial charge in [-0.05, 0) is 77.5 Å². The number of likely N-dealkylation sites (N-methyl/N-ethyl adjacent to an activating group) is 1. The zero-order valence-electron chi connectivity index (χ0n) is 21.4. The van der Waals surface area contributed by atoms with E-state index in [1.54, 1.807) is 6.07 Å². The first kappa shape index (κ1) is 26.4. The molecule has 3 N–H and O–H groups in total. The number of alkyl carbamates (subject to hydrolysis) is 1. The van der Waals surface area contributed by atoms with Gasteiger partial charge in [-0.2, -0.15) is 0 Å². The normalized spacial score (nSPS) is 16.1. The van der Waals surface area contributed by atoms with Crippen LogP contribution in [0.2, 0.25) is 10.0 Å². The Morgan fingerprint density at radius 2 is 2.00 bits per heavy atom. The van der Waals surface area contributed by atoms with Crippen LogP contribution in [-0.4, -0.2) is 59.8 Å². The number of ether oxygens (including phenoxy) is 1. The Hall–Kier alpha value is -2.68. The minimum Gasteiger partial charge on any atom is -0.444 e. The van der Waals surface area contributed by atoms with Gasteiger partial charge in [-0.15, -0.1) is 0 Å². The van der Waals surface area contributed by atoms with Gasteiger partial charge < -0.3 is 30.2 Å². The summed E-state index contributed by atoms with van der Waals surface area (Å²) in [5.41, 5.74) is 3.69. The highest BCUT2D eigenvalue weighted by atomic mass is 35.5. The highest BCUT2D eigenvalue weighted by Gasteiger charge is 2.27. The number of hydrogen-bond donors (Lipinski definition) is 3. The van der Waals surface area contributed by atoms with E-state index >= 15 is 0 Å². The fourth-order valence-electron chi connectivity index (χ4n) is 4.46. The smallest absolute Gasteiger partial charge is 0.407 e. The van der Waals surface area contributed by atoms with Crippen molar-refractivity contribution in [2.45, 2.75) is 51.8 Å². The average Bonchev–Trinajstić information content (AvgIpc) is 3.37. The Kier molecular flexibility index (Phi) is 7.87. The molecule has 1 unspecified atom stereocenters. The van der Waals surface area contributed by atoms with Crippen LogP contribution in [0.5, 0.6) is 0 Å². The highest BCUT2D eigenvalue weighted by molar-refractivity contribution is 6.34. The maximum Gasteiger partial charge on any atom is 0.407 e. The summed E-state index contributed by atoms with van der Waals surface area (Å²) in [5.74, 6) is 0.559. The van der Waals surface area contributed by atoms with E-state index in [1.165, 1.54) is 0 Å². The average molecular weight is 534 g/mol. The molecule has 1 fully saturated rings. The lowest BCUT2D eigenvalue weighted by Crippen LogP contribution is -2.37. The zero-order chi connectivity index (χ0) is 26.0. The molecule has 194 valence electrons. The van der Waals surface area contributed by atoms with E-state index in [9.17, 15) is 4.79 Å². The maximum absolute atomic E-state index is 12.0. The molecule has 0 radical (unpaired) electrons.